The zero-order valence-corrected chi connectivity index (χ0v) is 15.5. The van der Waals surface area contributed by atoms with Crippen LogP contribution in [0.25, 0.3) is 0 Å². The molecule has 0 fully saturated rings. The summed E-state index contributed by atoms with van der Waals surface area (Å²) in [5.74, 6) is -1.77. The molecule has 2 aromatic carbocycles. The van der Waals surface area contributed by atoms with Crippen molar-refractivity contribution in [1.29, 1.82) is 0 Å². The molecule has 0 spiro atoms. The fourth-order valence-electron chi connectivity index (χ4n) is 2.20. The van der Waals surface area contributed by atoms with Crippen molar-refractivity contribution in [3.05, 3.63) is 65.2 Å². The number of carbonyl (C=O) groups excluding carboxylic acids is 4. The largest absolute Gasteiger partial charge is 0.465 e. The number of nitrogens with one attached hydrogen (secondary N) is 2. The number of hydrogen-bond donors (Lipinski definition) is 2. The van der Waals surface area contributed by atoms with Crippen LogP contribution in [0, 0.1) is 0 Å². The predicted molar refractivity (Wildman–Crippen MR) is 101 cm³/mol. The van der Waals surface area contributed by atoms with Gasteiger partial charge in [0.2, 0.25) is 5.91 Å². The number of hydrogen-bond acceptors (Lipinski definition) is 6. The van der Waals surface area contributed by atoms with Crippen LogP contribution in [0.2, 0.25) is 0 Å². The van der Waals surface area contributed by atoms with Crippen LogP contribution in [0.4, 0.5) is 5.69 Å². The van der Waals surface area contributed by atoms with Crippen molar-refractivity contribution in [2.45, 2.75) is 13.5 Å². The van der Waals surface area contributed by atoms with Crippen LogP contribution in [0.3, 0.4) is 0 Å². The monoisotopic (exact) mass is 384 g/mol. The molecular weight excluding hydrogens is 364 g/mol. The van der Waals surface area contributed by atoms with E-state index in [9.17, 15) is 19.2 Å². The fourth-order valence-corrected chi connectivity index (χ4v) is 2.20. The van der Waals surface area contributed by atoms with Gasteiger partial charge in [-0.25, -0.2) is 9.59 Å². The zero-order valence-electron chi connectivity index (χ0n) is 15.5. The van der Waals surface area contributed by atoms with Gasteiger partial charge in [-0.2, -0.15) is 0 Å². The van der Waals surface area contributed by atoms with Crippen LogP contribution in [0.1, 0.15) is 33.2 Å². The predicted octanol–water partition coefficient (Wildman–Crippen LogP) is 1.90. The van der Waals surface area contributed by atoms with Crippen molar-refractivity contribution in [1.82, 2.24) is 5.32 Å². The van der Waals surface area contributed by atoms with Gasteiger partial charge in [0, 0.05) is 19.2 Å². The number of methoxy groups -OCH3 is 1. The highest BCUT2D eigenvalue weighted by Crippen LogP contribution is 2.11. The molecule has 0 radical (unpaired) electrons. The van der Waals surface area contributed by atoms with Gasteiger partial charge >= 0.3 is 11.9 Å². The van der Waals surface area contributed by atoms with E-state index in [1.165, 1.54) is 26.2 Å². The molecule has 146 valence electrons. The van der Waals surface area contributed by atoms with Gasteiger partial charge in [-0.15, -0.1) is 0 Å². The summed E-state index contributed by atoms with van der Waals surface area (Å²) in [7, 11) is 1.28. The number of amides is 2. The molecule has 28 heavy (non-hydrogen) atoms. The number of anilines is 1. The van der Waals surface area contributed by atoms with Crippen LogP contribution in [-0.2, 0) is 25.6 Å². The maximum absolute atomic E-state index is 12.0. The topological polar surface area (TPSA) is 111 Å². The van der Waals surface area contributed by atoms with Crippen molar-refractivity contribution in [2.75, 3.05) is 19.0 Å². The molecule has 0 bridgehead atoms. The Labute approximate surface area is 161 Å². The standard InChI is InChI=1S/C20H20N2O6/c1-13(23)21-11-14-3-5-16(6-4-14)20(26)28-12-18(24)22-17-9-7-15(8-10-17)19(25)27-2/h3-10H,11-12H2,1-2H3,(H,21,23)(H,22,24). The third-order valence-electron chi connectivity index (χ3n) is 3.66. The SMILES string of the molecule is COC(=O)c1ccc(NC(=O)COC(=O)c2ccc(CNC(C)=O)cc2)cc1. The number of rotatable bonds is 7. The summed E-state index contributed by atoms with van der Waals surface area (Å²) < 4.78 is 9.58. The molecule has 0 atom stereocenters. The van der Waals surface area contributed by atoms with E-state index in [4.69, 9.17) is 4.74 Å². The first-order chi connectivity index (χ1) is 13.4. The Hall–Kier alpha value is -3.68. The van der Waals surface area contributed by atoms with E-state index < -0.39 is 24.5 Å². The Bertz CT molecular complexity index is 859. The second kappa shape index (κ2) is 9.86. The highest BCUT2D eigenvalue weighted by Gasteiger charge is 2.11. The zero-order chi connectivity index (χ0) is 20.5. The number of ether oxygens (including phenoxy) is 2. The average molecular weight is 384 g/mol. The minimum atomic E-state index is -0.637. The van der Waals surface area contributed by atoms with Gasteiger partial charge in [-0.1, -0.05) is 12.1 Å². The summed E-state index contributed by atoms with van der Waals surface area (Å²) in [5, 5.41) is 5.21. The molecule has 0 unspecified atom stereocenters. The van der Waals surface area contributed by atoms with Gasteiger partial charge in [-0.05, 0) is 42.0 Å². The lowest BCUT2D eigenvalue weighted by Crippen LogP contribution is -2.21. The molecule has 2 rings (SSSR count). The molecule has 0 heterocycles. The highest BCUT2D eigenvalue weighted by atomic mass is 16.5. The maximum atomic E-state index is 12.0. The normalized spacial score (nSPS) is 9.93. The first-order valence-corrected chi connectivity index (χ1v) is 8.38. The van der Waals surface area contributed by atoms with Gasteiger partial charge < -0.3 is 20.1 Å². The van der Waals surface area contributed by atoms with E-state index in [0.717, 1.165) is 5.56 Å². The molecule has 2 N–H and O–H groups in total. The third-order valence-corrected chi connectivity index (χ3v) is 3.66. The van der Waals surface area contributed by atoms with Crippen molar-refractivity contribution in [3.8, 4) is 0 Å². The quantitative estimate of drug-likeness (QED) is 0.706. The third kappa shape index (κ3) is 6.24. The van der Waals surface area contributed by atoms with E-state index in [-0.39, 0.29) is 5.91 Å². The lowest BCUT2D eigenvalue weighted by atomic mass is 10.1. The molecule has 0 aliphatic carbocycles. The molecule has 0 aliphatic heterocycles. The first-order valence-electron chi connectivity index (χ1n) is 8.38. The molecule has 8 heteroatoms. The van der Waals surface area contributed by atoms with Gasteiger partial charge in [-0.3, -0.25) is 9.59 Å². The molecule has 0 saturated heterocycles. The van der Waals surface area contributed by atoms with Gasteiger partial charge in [0.15, 0.2) is 6.61 Å². The van der Waals surface area contributed by atoms with Crippen LogP contribution >= 0.6 is 0 Å². The van der Waals surface area contributed by atoms with Crippen molar-refractivity contribution in [2.24, 2.45) is 0 Å². The summed E-state index contributed by atoms with van der Waals surface area (Å²) in [6, 6.07) is 12.6. The van der Waals surface area contributed by atoms with Crippen LogP contribution in [0.15, 0.2) is 48.5 Å². The Kier molecular flexibility index (Phi) is 7.27. The highest BCUT2D eigenvalue weighted by molar-refractivity contribution is 5.96. The lowest BCUT2D eigenvalue weighted by Gasteiger charge is -2.08. The molecule has 0 saturated carbocycles. The van der Waals surface area contributed by atoms with Crippen LogP contribution in [0.5, 0.6) is 0 Å². The summed E-state index contributed by atoms with van der Waals surface area (Å²) >= 11 is 0. The van der Waals surface area contributed by atoms with E-state index >= 15 is 0 Å². The van der Waals surface area contributed by atoms with Gasteiger partial charge in [0.25, 0.3) is 5.91 Å². The van der Waals surface area contributed by atoms with Crippen LogP contribution < -0.4 is 10.6 Å². The Morgan fingerprint density at radius 1 is 0.857 bits per heavy atom. The van der Waals surface area contributed by atoms with Gasteiger partial charge in [0.05, 0.1) is 18.2 Å². The number of benzene rings is 2. The second-order valence-corrected chi connectivity index (χ2v) is 5.80. The van der Waals surface area contributed by atoms with E-state index in [1.807, 2.05) is 0 Å². The van der Waals surface area contributed by atoms with E-state index in [2.05, 4.69) is 15.4 Å². The van der Waals surface area contributed by atoms with E-state index in [1.54, 1.807) is 36.4 Å². The van der Waals surface area contributed by atoms with Gasteiger partial charge in [0.1, 0.15) is 0 Å². The van der Waals surface area contributed by atoms with Crippen molar-refractivity contribution >= 4 is 29.4 Å². The summed E-state index contributed by atoms with van der Waals surface area (Å²) in [6.07, 6.45) is 0. The molecule has 0 aromatic heterocycles. The molecule has 2 amide bonds. The summed E-state index contributed by atoms with van der Waals surface area (Å²) in [5.41, 5.74) is 1.94. The Morgan fingerprint density at radius 3 is 2.00 bits per heavy atom. The summed E-state index contributed by atoms with van der Waals surface area (Å²) in [6.45, 7) is 1.33. The minimum Gasteiger partial charge on any atom is -0.465 e. The second-order valence-electron chi connectivity index (χ2n) is 5.80. The molecule has 8 nitrogen and oxygen atoms in total. The Balaban J connectivity index is 1.82. The maximum Gasteiger partial charge on any atom is 0.338 e. The molecular formula is C20H20N2O6. The van der Waals surface area contributed by atoms with Crippen molar-refractivity contribution < 1.29 is 28.7 Å². The molecule has 0 aliphatic rings. The smallest absolute Gasteiger partial charge is 0.338 e. The number of carbonyl (C=O) groups is 4. The van der Waals surface area contributed by atoms with Crippen LogP contribution in [-0.4, -0.2) is 37.5 Å². The lowest BCUT2D eigenvalue weighted by molar-refractivity contribution is -0.119. The number of esters is 2. The average Bonchev–Trinajstić information content (AvgIpc) is 2.70. The van der Waals surface area contributed by atoms with E-state index in [0.29, 0.717) is 23.4 Å². The fraction of sp³-hybridized carbons (Fsp3) is 0.200. The Morgan fingerprint density at radius 2 is 1.43 bits per heavy atom. The first kappa shape index (κ1) is 20.6. The molecule has 2 aromatic rings. The minimum absolute atomic E-state index is 0.144. The summed E-state index contributed by atoms with van der Waals surface area (Å²) in [4.78, 5) is 46.2. The van der Waals surface area contributed by atoms with Crippen molar-refractivity contribution in [3.63, 3.8) is 0 Å².